The van der Waals surface area contributed by atoms with E-state index in [4.69, 9.17) is 5.26 Å². The van der Waals surface area contributed by atoms with Crippen LogP contribution in [0.5, 0.6) is 0 Å². The van der Waals surface area contributed by atoms with Gasteiger partial charge in [0.1, 0.15) is 0 Å². The fraction of sp³-hybridized carbons (Fsp3) is 0.750. The van der Waals surface area contributed by atoms with Crippen LogP contribution in [0.2, 0.25) is 0 Å². The zero-order valence-electron chi connectivity index (χ0n) is 4.68. The lowest BCUT2D eigenvalue weighted by molar-refractivity contribution is -0.177. The Balaban J connectivity index is 2.99. The topological polar surface area (TPSA) is 58.6 Å². The maximum absolute atomic E-state index is 9.99. The summed E-state index contributed by atoms with van der Waals surface area (Å²) in [6.07, 6.45) is 0.0293. The Bertz CT molecular complexity index is 73.7. The first-order chi connectivity index (χ1) is 3.81. The van der Waals surface area contributed by atoms with Crippen LogP contribution < -0.4 is 5.32 Å². The van der Waals surface area contributed by atoms with Crippen molar-refractivity contribution in [1.29, 1.82) is 0 Å². The van der Waals surface area contributed by atoms with E-state index in [2.05, 4.69) is 10.2 Å². The van der Waals surface area contributed by atoms with Gasteiger partial charge < -0.3 is 5.32 Å². The molecule has 4 heteroatoms. The summed E-state index contributed by atoms with van der Waals surface area (Å²) in [4.78, 5) is 13.3. The van der Waals surface area contributed by atoms with E-state index in [0.29, 0.717) is 6.54 Å². The van der Waals surface area contributed by atoms with Crippen LogP contribution in [0.4, 0.5) is 4.79 Å². The minimum atomic E-state index is -0.799. The second kappa shape index (κ2) is 4.39. The van der Waals surface area contributed by atoms with Crippen LogP contribution >= 0.6 is 0 Å². The quantitative estimate of drug-likeness (QED) is 0.413. The Labute approximate surface area is 47.4 Å². The van der Waals surface area contributed by atoms with Crippen molar-refractivity contribution < 1.29 is 14.9 Å². The van der Waals surface area contributed by atoms with Gasteiger partial charge in [0.25, 0.3) is 0 Å². The minimum absolute atomic E-state index is 0.527. The number of rotatable bonds is 2. The van der Waals surface area contributed by atoms with Crippen molar-refractivity contribution in [3.05, 3.63) is 0 Å². The molecule has 0 aromatic rings. The first kappa shape index (κ1) is 7.23. The van der Waals surface area contributed by atoms with Crippen LogP contribution in [0.15, 0.2) is 0 Å². The van der Waals surface area contributed by atoms with Crippen molar-refractivity contribution in [2.75, 3.05) is 6.54 Å². The molecule has 8 heavy (non-hydrogen) atoms. The van der Waals surface area contributed by atoms with Crippen LogP contribution in [-0.4, -0.2) is 17.9 Å². The van der Waals surface area contributed by atoms with Gasteiger partial charge in [0.15, 0.2) is 0 Å². The molecule has 4 nitrogen and oxygen atoms in total. The summed E-state index contributed by atoms with van der Waals surface area (Å²) in [5.74, 6) is 0. The molecule has 0 radical (unpaired) electrons. The van der Waals surface area contributed by atoms with Crippen molar-refractivity contribution in [2.45, 2.75) is 13.3 Å². The highest BCUT2D eigenvalue weighted by Gasteiger charge is 1.94. The highest BCUT2D eigenvalue weighted by Crippen LogP contribution is 1.72. The molecule has 0 saturated carbocycles. The molecule has 48 valence electrons. The van der Waals surface area contributed by atoms with E-state index in [1.807, 2.05) is 6.92 Å². The number of amides is 1. The van der Waals surface area contributed by atoms with Crippen LogP contribution in [0.1, 0.15) is 13.3 Å². The molecule has 0 heterocycles. The Hall–Kier alpha value is -0.770. The van der Waals surface area contributed by atoms with Crippen LogP contribution in [0.25, 0.3) is 0 Å². The van der Waals surface area contributed by atoms with Gasteiger partial charge in [-0.05, 0) is 6.42 Å². The van der Waals surface area contributed by atoms with Crippen LogP contribution in [0.3, 0.4) is 0 Å². The molecule has 1 amide bonds. The Morgan fingerprint density at radius 1 is 1.88 bits per heavy atom. The molecule has 0 rings (SSSR count). The lowest BCUT2D eigenvalue weighted by atomic mass is 10.5. The van der Waals surface area contributed by atoms with E-state index in [9.17, 15) is 4.79 Å². The van der Waals surface area contributed by atoms with E-state index in [1.165, 1.54) is 0 Å². The average Bonchev–Trinajstić information content (AvgIpc) is 1.83. The highest BCUT2D eigenvalue weighted by atomic mass is 17.1. The zero-order chi connectivity index (χ0) is 6.41. The average molecular weight is 119 g/mol. The predicted octanol–water partition coefficient (Wildman–Crippen LogP) is 0.596. The molecule has 0 aliphatic carbocycles. The summed E-state index contributed by atoms with van der Waals surface area (Å²) in [6, 6.07) is 0. The summed E-state index contributed by atoms with van der Waals surface area (Å²) >= 11 is 0. The Morgan fingerprint density at radius 2 is 2.50 bits per heavy atom. The van der Waals surface area contributed by atoms with Crippen molar-refractivity contribution in [1.82, 2.24) is 5.32 Å². The number of hydrogen-bond donors (Lipinski definition) is 2. The summed E-state index contributed by atoms with van der Waals surface area (Å²) in [7, 11) is 0. The second-order valence-electron chi connectivity index (χ2n) is 1.31. The van der Waals surface area contributed by atoms with Crippen molar-refractivity contribution in [3.8, 4) is 0 Å². The molecule has 0 atom stereocenters. The molecule has 0 aliphatic rings. The molecule has 0 saturated heterocycles. The second-order valence-corrected chi connectivity index (χ2v) is 1.31. The molecule has 0 aromatic heterocycles. The fourth-order valence-corrected chi connectivity index (χ4v) is 0.259. The van der Waals surface area contributed by atoms with Gasteiger partial charge >= 0.3 is 6.09 Å². The molecule has 0 spiro atoms. The lowest BCUT2D eigenvalue weighted by Crippen LogP contribution is -2.23. The van der Waals surface area contributed by atoms with Gasteiger partial charge in [0.05, 0.1) is 0 Å². The fourth-order valence-electron chi connectivity index (χ4n) is 0.259. The van der Waals surface area contributed by atoms with Gasteiger partial charge in [0, 0.05) is 6.54 Å². The smallest absolute Gasteiger partial charge is 0.319 e. The standard InChI is InChI=1S/C4H9NO3/c1-2-3-5-4(6)8-7/h7H,2-3H2,1H3,(H,5,6). The molecule has 0 aliphatic heterocycles. The largest absolute Gasteiger partial charge is 0.438 e. The van der Waals surface area contributed by atoms with Gasteiger partial charge in [-0.15, -0.1) is 0 Å². The molecule has 0 bridgehead atoms. The van der Waals surface area contributed by atoms with Crippen molar-refractivity contribution in [3.63, 3.8) is 0 Å². The first-order valence-electron chi connectivity index (χ1n) is 2.40. The zero-order valence-corrected chi connectivity index (χ0v) is 4.68. The van der Waals surface area contributed by atoms with Crippen molar-refractivity contribution >= 4 is 6.09 Å². The molecular formula is C4H9NO3. The summed E-state index contributed by atoms with van der Waals surface area (Å²) in [5, 5.41) is 9.92. The van der Waals surface area contributed by atoms with E-state index in [1.54, 1.807) is 0 Å². The number of carbonyl (C=O) groups is 1. The summed E-state index contributed by atoms with van der Waals surface area (Å²) < 4.78 is 0. The molecule has 0 aromatic carbocycles. The van der Waals surface area contributed by atoms with Gasteiger partial charge in [-0.1, -0.05) is 6.92 Å². The molecule has 0 unspecified atom stereocenters. The van der Waals surface area contributed by atoms with E-state index >= 15 is 0 Å². The van der Waals surface area contributed by atoms with E-state index < -0.39 is 6.09 Å². The van der Waals surface area contributed by atoms with Gasteiger partial charge in [0.2, 0.25) is 0 Å². The Morgan fingerprint density at radius 3 is 2.88 bits per heavy atom. The normalized spacial score (nSPS) is 8.25. The molecule has 2 N–H and O–H groups in total. The van der Waals surface area contributed by atoms with Crippen LogP contribution in [-0.2, 0) is 4.89 Å². The van der Waals surface area contributed by atoms with Gasteiger partial charge in [-0.3, -0.25) is 4.89 Å². The molecular weight excluding hydrogens is 110 g/mol. The Kier molecular flexibility index (Phi) is 3.97. The third kappa shape index (κ3) is 3.42. The van der Waals surface area contributed by atoms with Crippen molar-refractivity contribution in [2.24, 2.45) is 0 Å². The SMILES string of the molecule is CCCNC(=O)OO. The van der Waals surface area contributed by atoms with E-state index in [-0.39, 0.29) is 0 Å². The monoisotopic (exact) mass is 119 g/mol. The summed E-state index contributed by atoms with van der Waals surface area (Å²) in [6.45, 7) is 2.43. The third-order valence-corrected chi connectivity index (χ3v) is 0.602. The molecule has 0 fully saturated rings. The maximum Gasteiger partial charge on any atom is 0.438 e. The summed E-state index contributed by atoms with van der Waals surface area (Å²) in [5.41, 5.74) is 0. The number of nitrogens with one attached hydrogen (secondary N) is 1. The maximum atomic E-state index is 9.99. The van der Waals surface area contributed by atoms with Gasteiger partial charge in [-0.2, -0.15) is 5.26 Å². The minimum Gasteiger partial charge on any atom is -0.319 e. The van der Waals surface area contributed by atoms with Crippen LogP contribution in [0, 0.1) is 0 Å². The third-order valence-electron chi connectivity index (χ3n) is 0.602. The number of hydrogen-bond acceptors (Lipinski definition) is 3. The number of carbonyl (C=O) groups excluding carboxylic acids is 1. The highest BCUT2D eigenvalue weighted by molar-refractivity contribution is 5.66. The van der Waals surface area contributed by atoms with E-state index in [0.717, 1.165) is 6.42 Å². The first-order valence-corrected chi connectivity index (χ1v) is 2.40. The lowest BCUT2D eigenvalue weighted by Gasteiger charge is -1.95. The van der Waals surface area contributed by atoms with Gasteiger partial charge in [-0.25, -0.2) is 4.79 Å². The predicted molar refractivity (Wildman–Crippen MR) is 27.4 cm³/mol.